The summed E-state index contributed by atoms with van der Waals surface area (Å²) < 4.78 is 42.2. The Morgan fingerprint density at radius 3 is 2.59 bits per heavy atom. The molecule has 2 aromatic heterocycles. The van der Waals surface area contributed by atoms with E-state index < -0.39 is 17.7 Å². The van der Waals surface area contributed by atoms with E-state index in [1.54, 1.807) is 22.9 Å². The largest absolute Gasteiger partial charge is 0.416 e. The third kappa shape index (κ3) is 3.95. The highest BCUT2D eigenvalue weighted by molar-refractivity contribution is 5.64. The lowest BCUT2D eigenvalue weighted by molar-refractivity contribution is -0.138. The standard InChI is InChI=1S/C22H21F3N4/c1-14-9-10-16(26-15(14)2)11-12-20-27-21-18(7-5-13-29(21)28-20)17-6-3-4-8-19(17)22(23,24)25/h3-4,6,8-12,18H,5,7,13H2,1-2H3. The van der Waals surface area contributed by atoms with Crippen molar-refractivity contribution in [2.75, 3.05) is 0 Å². The summed E-state index contributed by atoms with van der Waals surface area (Å²) in [6.07, 6.45) is 0.570. The lowest BCUT2D eigenvalue weighted by Gasteiger charge is -2.25. The summed E-state index contributed by atoms with van der Waals surface area (Å²) in [7, 11) is 0. The zero-order valence-corrected chi connectivity index (χ0v) is 16.2. The van der Waals surface area contributed by atoms with E-state index in [2.05, 4.69) is 15.1 Å². The number of benzene rings is 1. The summed E-state index contributed by atoms with van der Waals surface area (Å²) in [6, 6.07) is 9.66. The molecule has 1 atom stereocenters. The Morgan fingerprint density at radius 2 is 1.83 bits per heavy atom. The molecule has 0 N–H and O–H groups in total. The van der Waals surface area contributed by atoms with Gasteiger partial charge in [-0.05, 0) is 62.1 Å². The SMILES string of the molecule is Cc1ccc(C=Cc2nc3n(n2)CCCC3c2ccccc2C(F)(F)F)nc1C. The quantitative estimate of drug-likeness (QED) is 0.593. The normalized spacial score (nSPS) is 16.9. The molecule has 4 nitrogen and oxygen atoms in total. The van der Waals surface area contributed by atoms with Crippen molar-refractivity contribution < 1.29 is 13.2 Å². The molecule has 0 radical (unpaired) electrons. The molecule has 3 heterocycles. The second-order valence-electron chi connectivity index (χ2n) is 7.30. The minimum atomic E-state index is -4.39. The Bertz CT molecular complexity index is 1070. The molecule has 1 aliphatic rings. The average Bonchev–Trinajstić information content (AvgIpc) is 3.11. The van der Waals surface area contributed by atoms with Gasteiger partial charge in [0.25, 0.3) is 0 Å². The van der Waals surface area contributed by atoms with Crippen LogP contribution in [0.4, 0.5) is 13.2 Å². The van der Waals surface area contributed by atoms with Gasteiger partial charge in [-0.1, -0.05) is 24.3 Å². The average molecular weight is 398 g/mol. The van der Waals surface area contributed by atoms with E-state index in [4.69, 9.17) is 0 Å². The van der Waals surface area contributed by atoms with Gasteiger partial charge in [0.15, 0.2) is 5.82 Å². The number of aryl methyl sites for hydroxylation is 3. The number of pyridine rings is 1. The molecule has 4 rings (SSSR count). The monoisotopic (exact) mass is 398 g/mol. The second-order valence-corrected chi connectivity index (χ2v) is 7.30. The van der Waals surface area contributed by atoms with Gasteiger partial charge in [0.05, 0.1) is 11.3 Å². The van der Waals surface area contributed by atoms with Gasteiger partial charge in [-0.3, -0.25) is 4.98 Å². The Kier molecular flexibility index (Phi) is 4.98. The minimum absolute atomic E-state index is 0.264. The van der Waals surface area contributed by atoms with E-state index in [0.717, 1.165) is 29.4 Å². The van der Waals surface area contributed by atoms with Crippen LogP contribution in [0.5, 0.6) is 0 Å². The first-order valence-electron chi connectivity index (χ1n) is 9.56. The number of alkyl halides is 3. The third-order valence-corrected chi connectivity index (χ3v) is 5.31. The van der Waals surface area contributed by atoms with Gasteiger partial charge in [0.2, 0.25) is 0 Å². The van der Waals surface area contributed by atoms with Gasteiger partial charge in [0, 0.05) is 18.2 Å². The van der Waals surface area contributed by atoms with Crippen molar-refractivity contribution in [3.05, 3.63) is 76.1 Å². The van der Waals surface area contributed by atoms with Crippen molar-refractivity contribution in [3.63, 3.8) is 0 Å². The molecule has 1 aliphatic heterocycles. The predicted octanol–water partition coefficient (Wildman–Crippen LogP) is 5.40. The Labute approximate surface area is 167 Å². The number of aromatic nitrogens is 4. The number of nitrogens with zero attached hydrogens (tertiary/aromatic N) is 4. The van der Waals surface area contributed by atoms with E-state index >= 15 is 0 Å². The first-order valence-corrected chi connectivity index (χ1v) is 9.56. The zero-order valence-electron chi connectivity index (χ0n) is 16.2. The molecule has 0 fully saturated rings. The Morgan fingerprint density at radius 1 is 1.03 bits per heavy atom. The van der Waals surface area contributed by atoms with Crippen LogP contribution in [0.2, 0.25) is 0 Å². The highest BCUT2D eigenvalue weighted by Gasteiger charge is 2.37. The lowest BCUT2D eigenvalue weighted by atomic mass is 9.88. The molecule has 1 aromatic carbocycles. The van der Waals surface area contributed by atoms with Crippen LogP contribution in [0.15, 0.2) is 36.4 Å². The molecule has 0 saturated carbocycles. The lowest BCUT2D eigenvalue weighted by Crippen LogP contribution is -2.21. The highest BCUT2D eigenvalue weighted by atomic mass is 19.4. The fourth-order valence-corrected chi connectivity index (χ4v) is 3.70. The van der Waals surface area contributed by atoms with Crippen LogP contribution in [0.1, 0.15) is 58.5 Å². The molecule has 0 amide bonds. The molecule has 3 aromatic rings. The number of rotatable bonds is 3. The van der Waals surface area contributed by atoms with Gasteiger partial charge < -0.3 is 0 Å². The van der Waals surface area contributed by atoms with Gasteiger partial charge in [0.1, 0.15) is 5.82 Å². The second kappa shape index (κ2) is 7.46. The number of fused-ring (bicyclic) bond motifs is 1. The predicted molar refractivity (Wildman–Crippen MR) is 105 cm³/mol. The maximum atomic E-state index is 13.5. The summed E-state index contributed by atoms with van der Waals surface area (Å²) in [6.45, 7) is 4.60. The number of hydrogen-bond donors (Lipinski definition) is 0. The smallest absolute Gasteiger partial charge is 0.253 e. The van der Waals surface area contributed by atoms with Crippen LogP contribution in [0.3, 0.4) is 0 Å². The first-order chi connectivity index (χ1) is 13.8. The summed E-state index contributed by atoms with van der Waals surface area (Å²) in [5.74, 6) is 0.646. The van der Waals surface area contributed by atoms with Crippen molar-refractivity contribution in [2.24, 2.45) is 0 Å². The zero-order chi connectivity index (χ0) is 20.6. The summed E-state index contributed by atoms with van der Waals surface area (Å²) in [5.41, 5.74) is 2.52. The fourth-order valence-electron chi connectivity index (χ4n) is 3.70. The van der Waals surface area contributed by atoms with Crippen LogP contribution >= 0.6 is 0 Å². The molecule has 0 saturated heterocycles. The molecule has 29 heavy (non-hydrogen) atoms. The summed E-state index contributed by atoms with van der Waals surface area (Å²) in [4.78, 5) is 9.05. The van der Waals surface area contributed by atoms with E-state index in [-0.39, 0.29) is 5.56 Å². The summed E-state index contributed by atoms with van der Waals surface area (Å²) in [5, 5.41) is 4.48. The van der Waals surface area contributed by atoms with E-state index in [0.29, 0.717) is 24.6 Å². The number of halogens is 3. The topological polar surface area (TPSA) is 43.6 Å². The molecule has 0 bridgehead atoms. The van der Waals surface area contributed by atoms with Gasteiger partial charge in [-0.2, -0.15) is 18.3 Å². The molecular formula is C22H21F3N4. The van der Waals surface area contributed by atoms with Gasteiger partial charge in [-0.15, -0.1) is 0 Å². The van der Waals surface area contributed by atoms with E-state index in [1.807, 2.05) is 32.1 Å². The molecule has 1 unspecified atom stereocenters. The van der Waals surface area contributed by atoms with Crippen LogP contribution in [-0.4, -0.2) is 19.7 Å². The summed E-state index contributed by atoms with van der Waals surface area (Å²) >= 11 is 0. The van der Waals surface area contributed by atoms with Crippen LogP contribution in [-0.2, 0) is 12.7 Å². The fraction of sp³-hybridized carbons (Fsp3) is 0.318. The number of hydrogen-bond acceptors (Lipinski definition) is 3. The molecular weight excluding hydrogens is 377 g/mol. The van der Waals surface area contributed by atoms with Crippen molar-refractivity contribution in [2.45, 2.75) is 45.3 Å². The van der Waals surface area contributed by atoms with Crippen LogP contribution in [0.25, 0.3) is 12.2 Å². The van der Waals surface area contributed by atoms with Crippen LogP contribution in [0, 0.1) is 13.8 Å². The van der Waals surface area contributed by atoms with Gasteiger partial charge >= 0.3 is 6.18 Å². The van der Waals surface area contributed by atoms with Crippen molar-refractivity contribution >= 4 is 12.2 Å². The van der Waals surface area contributed by atoms with E-state index in [9.17, 15) is 13.2 Å². The first kappa shape index (κ1) is 19.4. The maximum Gasteiger partial charge on any atom is 0.416 e. The molecule has 0 aliphatic carbocycles. The maximum absolute atomic E-state index is 13.5. The Hall–Kier alpha value is -2.96. The molecule has 0 spiro atoms. The van der Waals surface area contributed by atoms with Crippen molar-refractivity contribution in [3.8, 4) is 0 Å². The Balaban J connectivity index is 1.67. The third-order valence-electron chi connectivity index (χ3n) is 5.31. The highest BCUT2D eigenvalue weighted by Crippen LogP contribution is 2.40. The minimum Gasteiger partial charge on any atom is -0.253 e. The molecule has 150 valence electrons. The van der Waals surface area contributed by atoms with Gasteiger partial charge in [-0.25, -0.2) is 9.67 Å². The van der Waals surface area contributed by atoms with Crippen molar-refractivity contribution in [1.82, 2.24) is 19.7 Å². The van der Waals surface area contributed by atoms with Crippen LogP contribution < -0.4 is 0 Å². The van der Waals surface area contributed by atoms with Crippen molar-refractivity contribution in [1.29, 1.82) is 0 Å². The molecule has 7 heteroatoms. The van der Waals surface area contributed by atoms with E-state index in [1.165, 1.54) is 6.07 Å².